The van der Waals surface area contributed by atoms with Crippen LogP contribution in [-0.2, 0) is 0 Å². The molecule has 0 radical (unpaired) electrons. The van der Waals surface area contributed by atoms with E-state index < -0.39 is 0 Å². The molecule has 1 aromatic carbocycles. The largest absolute Gasteiger partial charge is 0.493 e. The van der Waals surface area contributed by atoms with Gasteiger partial charge >= 0.3 is 0 Å². The number of nitrogens with two attached hydrogens (primary N) is 1. The molecule has 7 heteroatoms. The van der Waals surface area contributed by atoms with Crippen LogP contribution in [0, 0.1) is 11.3 Å². The molecule has 0 saturated carbocycles. The van der Waals surface area contributed by atoms with Gasteiger partial charge in [0, 0.05) is 18.7 Å². The molecular weight excluding hydrogens is 363 g/mol. The van der Waals surface area contributed by atoms with Crippen molar-refractivity contribution in [3.05, 3.63) is 22.7 Å². The lowest BCUT2D eigenvalue weighted by Gasteiger charge is -2.23. The summed E-state index contributed by atoms with van der Waals surface area (Å²) in [5.41, 5.74) is 6.32. The van der Waals surface area contributed by atoms with Crippen molar-refractivity contribution in [2.75, 3.05) is 33.4 Å². The van der Waals surface area contributed by atoms with Gasteiger partial charge in [-0.2, -0.15) is 0 Å². The van der Waals surface area contributed by atoms with Crippen LogP contribution in [0.1, 0.15) is 37.6 Å². The van der Waals surface area contributed by atoms with E-state index in [0.717, 1.165) is 6.42 Å². The normalized spacial score (nSPS) is 19.7. The maximum Gasteiger partial charge on any atom is 0.254 e. The Balaban J connectivity index is 0.00000312. The fourth-order valence-electron chi connectivity index (χ4n) is 2.78. The molecule has 2 rings (SSSR count). The Hall–Kier alpha value is -1.17. The number of carbonyl (C=O) groups is 1. The highest BCUT2D eigenvalue weighted by Gasteiger charge is 2.35. The molecule has 142 valence electrons. The molecule has 0 aromatic heterocycles. The predicted molar refractivity (Wildman–Crippen MR) is 103 cm³/mol. The zero-order valence-corrected chi connectivity index (χ0v) is 16.9. The molecule has 0 bridgehead atoms. The summed E-state index contributed by atoms with van der Waals surface area (Å²) in [6.07, 6.45) is 0.912. The quantitative estimate of drug-likeness (QED) is 0.805. The Morgan fingerprint density at radius 1 is 1.44 bits per heavy atom. The fourth-order valence-corrected chi connectivity index (χ4v) is 3.04. The molecular formula is C18H28Cl2N2O3. The summed E-state index contributed by atoms with van der Waals surface area (Å²) < 4.78 is 11.1. The van der Waals surface area contributed by atoms with Crippen molar-refractivity contribution in [3.8, 4) is 11.5 Å². The van der Waals surface area contributed by atoms with Gasteiger partial charge in [-0.1, -0.05) is 32.4 Å². The third-order valence-corrected chi connectivity index (χ3v) is 4.66. The third kappa shape index (κ3) is 5.16. The summed E-state index contributed by atoms with van der Waals surface area (Å²) in [7, 11) is 1.55. The van der Waals surface area contributed by atoms with E-state index in [2.05, 4.69) is 20.8 Å². The molecule has 1 saturated heterocycles. The van der Waals surface area contributed by atoms with Gasteiger partial charge in [0.2, 0.25) is 0 Å². The van der Waals surface area contributed by atoms with Crippen LogP contribution in [0.3, 0.4) is 0 Å². The summed E-state index contributed by atoms with van der Waals surface area (Å²) in [4.78, 5) is 14.6. The summed E-state index contributed by atoms with van der Waals surface area (Å²) in [5.74, 6) is 1.28. The molecule has 1 aliphatic rings. The highest BCUT2D eigenvalue weighted by Crippen LogP contribution is 2.38. The number of hydrogen-bond acceptors (Lipinski definition) is 4. The average molecular weight is 391 g/mol. The van der Waals surface area contributed by atoms with Gasteiger partial charge in [0.1, 0.15) is 0 Å². The van der Waals surface area contributed by atoms with Gasteiger partial charge in [0.25, 0.3) is 5.91 Å². The molecule has 25 heavy (non-hydrogen) atoms. The van der Waals surface area contributed by atoms with E-state index in [9.17, 15) is 4.79 Å². The zero-order chi connectivity index (χ0) is 17.9. The number of amides is 1. The van der Waals surface area contributed by atoms with Crippen molar-refractivity contribution in [3.63, 3.8) is 0 Å². The first-order chi connectivity index (χ1) is 11.3. The first-order valence-electron chi connectivity index (χ1n) is 8.29. The summed E-state index contributed by atoms with van der Waals surface area (Å²) in [5, 5.41) is 0.388. The van der Waals surface area contributed by atoms with Gasteiger partial charge in [0.05, 0.1) is 18.7 Å². The van der Waals surface area contributed by atoms with Gasteiger partial charge in [-0.05, 0) is 36.4 Å². The van der Waals surface area contributed by atoms with Crippen LogP contribution < -0.4 is 15.2 Å². The topological polar surface area (TPSA) is 64.8 Å². The van der Waals surface area contributed by atoms with Crippen LogP contribution in [0.5, 0.6) is 11.5 Å². The molecule has 0 aliphatic carbocycles. The van der Waals surface area contributed by atoms with Crippen molar-refractivity contribution < 1.29 is 14.3 Å². The number of nitrogens with zero attached hydrogens (tertiary/aromatic N) is 1. The second-order valence-corrected chi connectivity index (χ2v) is 7.59. The van der Waals surface area contributed by atoms with Crippen LogP contribution in [0.4, 0.5) is 0 Å². The Morgan fingerprint density at radius 3 is 2.64 bits per heavy atom. The number of carbonyl (C=O) groups excluding carboxylic acids is 1. The maximum absolute atomic E-state index is 12.8. The van der Waals surface area contributed by atoms with E-state index in [-0.39, 0.29) is 23.7 Å². The molecule has 1 amide bonds. The van der Waals surface area contributed by atoms with Crippen molar-refractivity contribution >= 4 is 29.9 Å². The molecule has 2 N–H and O–H groups in total. The third-order valence-electron chi connectivity index (χ3n) is 4.38. The lowest BCUT2D eigenvalue weighted by molar-refractivity contribution is 0.0776. The molecule has 5 nitrogen and oxygen atoms in total. The van der Waals surface area contributed by atoms with Crippen molar-refractivity contribution in [2.45, 2.75) is 27.2 Å². The molecule has 1 heterocycles. The van der Waals surface area contributed by atoms with E-state index in [1.165, 1.54) is 0 Å². The van der Waals surface area contributed by atoms with E-state index in [1.54, 1.807) is 19.2 Å². The number of benzene rings is 1. The fraction of sp³-hybridized carbons (Fsp3) is 0.611. The lowest BCUT2D eigenvalue weighted by atomic mass is 9.90. The lowest BCUT2D eigenvalue weighted by Crippen LogP contribution is -2.34. The second kappa shape index (κ2) is 8.97. The van der Waals surface area contributed by atoms with E-state index in [1.807, 2.05) is 4.90 Å². The minimum atomic E-state index is -0.0530. The predicted octanol–water partition coefficient (Wildman–Crippen LogP) is 3.62. The van der Waals surface area contributed by atoms with Gasteiger partial charge in [-0.15, -0.1) is 12.4 Å². The second-order valence-electron chi connectivity index (χ2n) is 7.19. The molecule has 1 unspecified atom stereocenters. The molecule has 1 atom stereocenters. The minimum absolute atomic E-state index is 0. The van der Waals surface area contributed by atoms with Crippen LogP contribution in [0.2, 0.25) is 5.02 Å². The number of halogens is 2. The number of ether oxygens (including phenoxy) is 2. The van der Waals surface area contributed by atoms with Crippen molar-refractivity contribution in [1.82, 2.24) is 4.90 Å². The minimum Gasteiger partial charge on any atom is -0.493 e. The Labute approximate surface area is 161 Å². The average Bonchev–Trinajstić information content (AvgIpc) is 2.95. The van der Waals surface area contributed by atoms with Crippen LogP contribution >= 0.6 is 24.0 Å². The Kier molecular flexibility index (Phi) is 7.85. The number of likely N-dealkylation sites (tertiary alicyclic amines) is 1. The van der Waals surface area contributed by atoms with Crippen molar-refractivity contribution in [2.24, 2.45) is 17.1 Å². The van der Waals surface area contributed by atoms with Gasteiger partial charge in [0.15, 0.2) is 11.5 Å². The van der Waals surface area contributed by atoms with Crippen LogP contribution in [0.25, 0.3) is 0 Å². The van der Waals surface area contributed by atoms with Gasteiger partial charge < -0.3 is 20.1 Å². The van der Waals surface area contributed by atoms with Gasteiger partial charge in [-0.25, -0.2) is 0 Å². The Bertz CT molecular complexity index is 610. The summed E-state index contributed by atoms with van der Waals surface area (Å²) >= 11 is 6.34. The molecule has 1 aromatic rings. The van der Waals surface area contributed by atoms with E-state index in [4.69, 9.17) is 26.8 Å². The summed E-state index contributed by atoms with van der Waals surface area (Å²) in [6, 6.07) is 3.35. The highest BCUT2D eigenvalue weighted by molar-refractivity contribution is 6.32. The highest BCUT2D eigenvalue weighted by atomic mass is 35.5. The number of hydrogen-bond donors (Lipinski definition) is 1. The first kappa shape index (κ1) is 21.9. The summed E-state index contributed by atoms with van der Waals surface area (Å²) in [6.45, 7) is 8.69. The zero-order valence-electron chi connectivity index (χ0n) is 15.3. The standard InChI is InChI=1S/C18H27ClN2O3.ClH/c1-12(2)9-24-16-14(19)7-13(8-15(16)23-4)17(22)21-6-5-18(3,10-20)11-21;/h7-8,12H,5-6,9-11,20H2,1-4H3;1H. The van der Waals surface area contributed by atoms with Crippen molar-refractivity contribution in [1.29, 1.82) is 0 Å². The molecule has 0 spiro atoms. The smallest absolute Gasteiger partial charge is 0.254 e. The number of methoxy groups -OCH3 is 1. The Morgan fingerprint density at radius 2 is 2.12 bits per heavy atom. The van der Waals surface area contributed by atoms with E-state index >= 15 is 0 Å². The SMILES string of the molecule is COc1cc(C(=O)N2CCC(C)(CN)C2)cc(Cl)c1OCC(C)C.Cl. The van der Waals surface area contributed by atoms with Crippen LogP contribution in [0.15, 0.2) is 12.1 Å². The molecule has 1 fully saturated rings. The van der Waals surface area contributed by atoms with Crippen LogP contribution in [-0.4, -0.2) is 44.2 Å². The van der Waals surface area contributed by atoms with Gasteiger partial charge in [-0.3, -0.25) is 4.79 Å². The maximum atomic E-state index is 12.8. The number of rotatable bonds is 6. The monoisotopic (exact) mass is 390 g/mol. The first-order valence-corrected chi connectivity index (χ1v) is 8.67. The van der Waals surface area contributed by atoms with E-state index in [0.29, 0.717) is 54.2 Å². The molecule has 1 aliphatic heterocycles.